The summed E-state index contributed by atoms with van der Waals surface area (Å²) in [5.74, 6) is 1.76. The molecule has 0 aromatic heterocycles. The van der Waals surface area contributed by atoms with E-state index >= 15 is 0 Å². The van der Waals surface area contributed by atoms with Gasteiger partial charge in [-0.1, -0.05) is 19.1 Å². The number of allylic oxidation sites excluding steroid dienone is 1. The molecule has 2 N–H and O–H groups in total. The van der Waals surface area contributed by atoms with Crippen molar-refractivity contribution in [2.24, 2.45) is 29.1 Å². The van der Waals surface area contributed by atoms with Gasteiger partial charge in [-0.2, -0.15) is 0 Å². The number of hydrogen-bond acceptors (Lipinski definition) is 3. The molecule has 6 atom stereocenters. The predicted molar refractivity (Wildman–Crippen MR) is 103 cm³/mol. The summed E-state index contributed by atoms with van der Waals surface area (Å²) in [6.07, 6.45) is 9.96. The van der Waals surface area contributed by atoms with E-state index in [-0.39, 0.29) is 11.8 Å². The highest BCUT2D eigenvalue weighted by atomic mass is 16.4. The van der Waals surface area contributed by atoms with Crippen LogP contribution in [0.5, 0.6) is 0 Å². The summed E-state index contributed by atoms with van der Waals surface area (Å²) in [7, 11) is 0. The van der Waals surface area contributed by atoms with Crippen LogP contribution in [-0.4, -0.2) is 27.6 Å². The van der Waals surface area contributed by atoms with Gasteiger partial charge in [-0.05, 0) is 86.7 Å². The highest BCUT2D eigenvalue weighted by Gasteiger charge is 2.62. The normalized spacial score (nSPS) is 43.3. The molecule has 4 rings (SSSR count). The lowest BCUT2D eigenvalue weighted by molar-refractivity contribution is -0.137. The van der Waals surface area contributed by atoms with Crippen LogP contribution in [0.4, 0.5) is 0 Å². The number of hydrogen-bond donors (Lipinski definition) is 2. The highest BCUT2D eigenvalue weighted by molar-refractivity contribution is 5.91. The molecule has 4 heteroatoms. The smallest absolute Gasteiger partial charge is 0.303 e. The van der Waals surface area contributed by atoms with E-state index in [0.717, 1.165) is 38.5 Å². The number of carboxylic acids is 1. The number of aliphatic hydroxyl groups is 1. The van der Waals surface area contributed by atoms with Crippen molar-refractivity contribution in [2.75, 3.05) is 0 Å². The molecule has 4 aliphatic carbocycles. The van der Waals surface area contributed by atoms with Crippen molar-refractivity contribution in [1.29, 1.82) is 0 Å². The molecule has 3 saturated carbocycles. The first kappa shape index (κ1) is 18.9. The largest absolute Gasteiger partial charge is 0.481 e. The fraction of sp³-hybridized carbons (Fsp3) is 0.739. The fourth-order valence-corrected chi connectivity index (χ4v) is 7.24. The van der Waals surface area contributed by atoms with Crippen molar-refractivity contribution in [3.63, 3.8) is 0 Å². The van der Waals surface area contributed by atoms with E-state index in [2.05, 4.69) is 13.5 Å². The van der Waals surface area contributed by atoms with E-state index < -0.39 is 11.6 Å². The highest BCUT2D eigenvalue weighted by Crippen LogP contribution is 2.66. The maximum Gasteiger partial charge on any atom is 0.303 e. The van der Waals surface area contributed by atoms with Crippen LogP contribution < -0.4 is 0 Å². The van der Waals surface area contributed by atoms with E-state index in [0.29, 0.717) is 54.3 Å². The van der Waals surface area contributed by atoms with E-state index in [4.69, 9.17) is 5.11 Å². The molecule has 27 heavy (non-hydrogen) atoms. The zero-order valence-corrected chi connectivity index (χ0v) is 16.4. The molecule has 0 heterocycles. The zero-order valence-electron chi connectivity index (χ0n) is 16.4. The second kappa shape index (κ2) is 6.58. The van der Waals surface area contributed by atoms with Crippen molar-refractivity contribution in [3.05, 3.63) is 23.8 Å². The lowest BCUT2D eigenvalue weighted by Crippen LogP contribution is -2.53. The molecule has 148 valence electrons. The molecule has 0 saturated heterocycles. The maximum atomic E-state index is 11.8. The number of rotatable bonds is 4. The SMILES string of the molecule is C=C(CCC(=O)O)[C@]1(O)CC[C@H]2[C@@H]3CCC4=CC(=O)CC[C@@H]4[C@H]3CC[C@@]21C. The van der Waals surface area contributed by atoms with Gasteiger partial charge in [0.15, 0.2) is 5.78 Å². The van der Waals surface area contributed by atoms with Crippen LogP contribution in [-0.2, 0) is 9.59 Å². The molecular weight excluding hydrogens is 340 g/mol. The van der Waals surface area contributed by atoms with Crippen LogP contribution in [0, 0.1) is 29.1 Å². The van der Waals surface area contributed by atoms with Crippen molar-refractivity contribution in [2.45, 2.75) is 76.7 Å². The molecule has 0 aromatic carbocycles. The Labute approximate surface area is 161 Å². The van der Waals surface area contributed by atoms with Crippen LogP contribution in [0.15, 0.2) is 23.8 Å². The van der Waals surface area contributed by atoms with Gasteiger partial charge in [-0.25, -0.2) is 0 Å². The number of carboxylic acid groups (broad SMARTS) is 1. The number of aliphatic carboxylic acids is 1. The van der Waals surface area contributed by atoms with Crippen molar-refractivity contribution in [3.8, 4) is 0 Å². The van der Waals surface area contributed by atoms with Crippen LogP contribution in [0.25, 0.3) is 0 Å². The van der Waals surface area contributed by atoms with Gasteiger partial charge in [0, 0.05) is 18.3 Å². The molecule has 0 aliphatic heterocycles. The van der Waals surface area contributed by atoms with Crippen LogP contribution in [0.1, 0.15) is 71.1 Å². The molecule has 0 aromatic rings. The summed E-state index contributed by atoms with van der Waals surface area (Å²) in [4.78, 5) is 22.8. The Morgan fingerprint density at radius 1 is 1.15 bits per heavy atom. The Kier molecular flexibility index (Phi) is 4.61. The first-order valence-electron chi connectivity index (χ1n) is 10.6. The number of carbonyl (C=O) groups is 2. The standard InChI is InChI=1S/C23H32O4/c1-14(3-8-21(25)26)23(27)12-10-20-19-6-4-15-13-16(24)5-7-17(15)18(19)9-11-22(20,23)2/h13,17-20,27H,1,3-12H2,2H3,(H,25,26)/t17-,18+,19+,20-,22-,23+/m0/s1. The number of fused-ring (bicyclic) bond motifs is 5. The molecular formula is C23H32O4. The molecule has 0 spiro atoms. The summed E-state index contributed by atoms with van der Waals surface area (Å²) in [6, 6.07) is 0. The molecule has 0 unspecified atom stereocenters. The minimum absolute atomic E-state index is 0.0399. The lowest BCUT2D eigenvalue weighted by atomic mass is 9.50. The molecule has 4 aliphatic rings. The minimum Gasteiger partial charge on any atom is -0.481 e. The van der Waals surface area contributed by atoms with Gasteiger partial charge in [0.1, 0.15) is 0 Å². The van der Waals surface area contributed by atoms with Crippen molar-refractivity contribution < 1.29 is 19.8 Å². The van der Waals surface area contributed by atoms with E-state index in [1.165, 1.54) is 5.57 Å². The minimum atomic E-state index is -0.934. The van der Waals surface area contributed by atoms with Gasteiger partial charge in [0.2, 0.25) is 0 Å². The molecule has 0 radical (unpaired) electrons. The summed E-state index contributed by atoms with van der Waals surface area (Å²) in [5.41, 5.74) is 0.967. The van der Waals surface area contributed by atoms with Gasteiger partial charge in [-0.3, -0.25) is 9.59 Å². The quantitative estimate of drug-likeness (QED) is 0.722. The van der Waals surface area contributed by atoms with Crippen molar-refractivity contribution in [1.82, 2.24) is 0 Å². The lowest BCUT2D eigenvalue weighted by Gasteiger charge is -2.56. The summed E-state index contributed by atoms with van der Waals surface area (Å²) in [6.45, 7) is 6.36. The molecule has 0 amide bonds. The third kappa shape index (κ3) is 2.83. The monoisotopic (exact) mass is 372 g/mol. The second-order valence-corrected chi connectivity index (χ2v) is 9.66. The van der Waals surface area contributed by atoms with E-state index in [9.17, 15) is 14.7 Å². The first-order valence-corrected chi connectivity index (χ1v) is 10.6. The van der Waals surface area contributed by atoms with Gasteiger partial charge in [-0.15, -0.1) is 0 Å². The number of ketones is 1. The van der Waals surface area contributed by atoms with E-state index in [1.807, 2.05) is 6.08 Å². The summed E-state index contributed by atoms with van der Waals surface area (Å²) < 4.78 is 0. The summed E-state index contributed by atoms with van der Waals surface area (Å²) in [5, 5.41) is 20.7. The Hall–Kier alpha value is -1.42. The topological polar surface area (TPSA) is 74.6 Å². The number of carbonyl (C=O) groups excluding carboxylic acids is 1. The Morgan fingerprint density at radius 3 is 2.67 bits per heavy atom. The average Bonchev–Trinajstić information content (AvgIpc) is 2.91. The predicted octanol–water partition coefficient (Wildman–Crippen LogP) is 4.28. The summed E-state index contributed by atoms with van der Waals surface area (Å²) >= 11 is 0. The van der Waals surface area contributed by atoms with Crippen LogP contribution >= 0.6 is 0 Å². The van der Waals surface area contributed by atoms with Gasteiger partial charge in [0.25, 0.3) is 0 Å². The van der Waals surface area contributed by atoms with Gasteiger partial charge >= 0.3 is 5.97 Å². The molecule has 4 nitrogen and oxygen atoms in total. The Bertz CT molecular complexity index is 707. The second-order valence-electron chi connectivity index (χ2n) is 9.66. The fourth-order valence-electron chi connectivity index (χ4n) is 7.24. The maximum absolute atomic E-state index is 11.8. The zero-order chi connectivity index (χ0) is 19.4. The van der Waals surface area contributed by atoms with Gasteiger partial charge in [0.05, 0.1) is 5.60 Å². The van der Waals surface area contributed by atoms with E-state index in [1.54, 1.807) is 0 Å². The van der Waals surface area contributed by atoms with Crippen LogP contribution in [0.3, 0.4) is 0 Å². The molecule has 0 bridgehead atoms. The Balaban J connectivity index is 1.56. The third-order valence-corrected chi connectivity index (χ3v) is 8.68. The molecule has 3 fully saturated rings. The first-order chi connectivity index (χ1) is 12.8. The van der Waals surface area contributed by atoms with Gasteiger partial charge < -0.3 is 10.2 Å². The third-order valence-electron chi connectivity index (χ3n) is 8.68. The van der Waals surface area contributed by atoms with Crippen LogP contribution in [0.2, 0.25) is 0 Å². The average molecular weight is 373 g/mol. The van der Waals surface area contributed by atoms with Crippen molar-refractivity contribution >= 4 is 11.8 Å². The Morgan fingerprint density at radius 2 is 1.93 bits per heavy atom.